The molecule has 6 heteroatoms. The molecule has 1 saturated heterocycles. The SMILES string of the molecule is CCOc1ccc(NC(=O)C2CCC(N3C(=O)[C@@H]4[C@H]5CC[C@H](C5)[C@@H]4C3=O)CC2)cc1. The lowest BCUT2D eigenvalue weighted by molar-refractivity contribution is -0.144. The number of rotatable bonds is 5. The zero-order valence-electron chi connectivity index (χ0n) is 17.5. The fourth-order valence-electron chi connectivity index (χ4n) is 6.43. The third-order valence-corrected chi connectivity index (χ3v) is 7.83. The van der Waals surface area contributed by atoms with Gasteiger partial charge in [0.2, 0.25) is 17.7 Å². The van der Waals surface area contributed by atoms with Crippen LogP contribution >= 0.6 is 0 Å². The zero-order chi connectivity index (χ0) is 20.8. The van der Waals surface area contributed by atoms with Crippen LogP contribution in [0.3, 0.4) is 0 Å². The van der Waals surface area contributed by atoms with Crippen molar-refractivity contribution in [2.75, 3.05) is 11.9 Å². The monoisotopic (exact) mass is 410 g/mol. The molecule has 1 N–H and O–H groups in total. The molecule has 0 spiro atoms. The molecule has 30 heavy (non-hydrogen) atoms. The molecule has 5 rings (SSSR count). The van der Waals surface area contributed by atoms with E-state index in [1.807, 2.05) is 31.2 Å². The maximum Gasteiger partial charge on any atom is 0.233 e. The average molecular weight is 411 g/mol. The summed E-state index contributed by atoms with van der Waals surface area (Å²) in [5.74, 6) is 1.67. The number of benzene rings is 1. The first kappa shape index (κ1) is 19.6. The van der Waals surface area contributed by atoms with E-state index in [0.717, 1.165) is 43.5 Å². The number of imide groups is 1. The number of hydrogen-bond acceptors (Lipinski definition) is 4. The number of carbonyl (C=O) groups excluding carboxylic acids is 3. The molecular formula is C24H30N2O4. The van der Waals surface area contributed by atoms with Gasteiger partial charge in [-0.3, -0.25) is 19.3 Å². The normalized spacial score (nSPS) is 34.9. The average Bonchev–Trinajstić information content (AvgIpc) is 3.44. The molecule has 3 aliphatic carbocycles. The van der Waals surface area contributed by atoms with Gasteiger partial charge in [0.1, 0.15) is 5.75 Å². The van der Waals surface area contributed by atoms with E-state index < -0.39 is 0 Å². The van der Waals surface area contributed by atoms with E-state index in [4.69, 9.17) is 4.74 Å². The van der Waals surface area contributed by atoms with Gasteiger partial charge < -0.3 is 10.1 Å². The number of nitrogens with zero attached hydrogens (tertiary/aromatic N) is 1. The Labute approximate surface area is 177 Å². The molecule has 6 nitrogen and oxygen atoms in total. The lowest BCUT2D eigenvalue weighted by Crippen LogP contribution is -2.44. The second-order valence-corrected chi connectivity index (χ2v) is 9.38. The minimum atomic E-state index is -0.0729. The number of amides is 3. The van der Waals surface area contributed by atoms with Crippen LogP contribution < -0.4 is 10.1 Å². The van der Waals surface area contributed by atoms with E-state index in [1.165, 1.54) is 0 Å². The maximum absolute atomic E-state index is 13.0. The molecule has 3 saturated carbocycles. The number of ether oxygens (including phenoxy) is 1. The van der Waals surface area contributed by atoms with Gasteiger partial charge in [0.05, 0.1) is 18.4 Å². The number of hydrogen-bond donors (Lipinski definition) is 1. The van der Waals surface area contributed by atoms with Crippen molar-refractivity contribution in [3.8, 4) is 5.75 Å². The first-order valence-corrected chi connectivity index (χ1v) is 11.5. The molecule has 4 atom stereocenters. The summed E-state index contributed by atoms with van der Waals surface area (Å²) in [6.45, 7) is 2.55. The van der Waals surface area contributed by atoms with Gasteiger partial charge in [-0.15, -0.1) is 0 Å². The Bertz CT molecular complexity index is 815. The number of carbonyl (C=O) groups is 3. The Morgan fingerprint density at radius 1 is 0.967 bits per heavy atom. The van der Waals surface area contributed by atoms with Crippen molar-refractivity contribution in [3.05, 3.63) is 24.3 Å². The Morgan fingerprint density at radius 2 is 1.57 bits per heavy atom. The van der Waals surface area contributed by atoms with Gasteiger partial charge in [-0.25, -0.2) is 0 Å². The Hall–Kier alpha value is -2.37. The fourth-order valence-corrected chi connectivity index (χ4v) is 6.43. The van der Waals surface area contributed by atoms with Crippen LogP contribution in [-0.2, 0) is 14.4 Å². The van der Waals surface area contributed by atoms with E-state index in [0.29, 0.717) is 31.3 Å². The molecule has 160 valence electrons. The van der Waals surface area contributed by atoms with Gasteiger partial charge in [0.25, 0.3) is 0 Å². The van der Waals surface area contributed by atoms with Crippen LogP contribution in [0.15, 0.2) is 24.3 Å². The summed E-state index contributed by atoms with van der Waals surface area (Å²) in [4.78, 5) is 40.4. The highest BCUT2D eigenvalue weighted by atomic mass is 16.5. The van der Waals surface area contributed by atoms with Crippen molar-refractivity contribution in [2.45, 2.75) is 57.9 Å². The fraction of sp³-hybridized carbons (Fsp3) is 0.625. The number of fused-ring (bicyclic) bond motifs is 5. The minimum Gasteiger partial charge on any atom is -0.494 e. The van der Waals surface area contributed by atoms with Crippen molar-refractivity contribution >= 4 is 23.4 Å². The van der Waals surface area contributed by atoms with Crippen LogP contribution in [0, 0.1) is 29.6 Å². The molecular weight excluding hydrogens is 380 g/mol. The van der Waals surface area contributed by atoms with E-state index in [2.05, 4.69) is 5.32 Å². The van der Waals surface area contributed by atoms with Crippen molar-refractivity contribution in [2.24, 2.45) is 29.6 Å². The van der Waals surface area contributed by atoms with E-state index >= 15 is 0 Å². The molecule has 0 aromatic heterocycles. The van der Waals surface area contributed by atoms with Crippen molar-refractivity contribution < 1.29 is 19.1 Å². The highest BCUT2D eigenvalue weighted by molar-refractivity contribution is 6.06. The second kappa shape index (κ2) is 7.71. The summed E-state index contributed by atoms with van der Waals surface area (Å²) in [7, 11) is 0. The van der Waals surface area contributed by atoms with Crippen LogP contribution in [0.25, 0.3) is 0 Å². The zero-order valence-corrected chi connectivity index (χ0v) is 17.5. The summed E-state index contributed by atoms with van der Waals surface area (Å²) < 4.78 is 5.43. The van der Waals surface area contributed by atoms with Crippen LogP contribution in [0.2, 0.25) is 0 Å². The topological polar surface area (TPSA) is 75.7 Å². The standard InChI is InChI=1S/C24H30N2O4/c1-2-30-19-11-7-17(8-12-19)25-22(27)14-5-9-18(10-6-14)26-23(28)20-15-3-4-16(13-15)21(20)24(26)29/h7-8,11-12,14-16,18,20-21H,2-6,9-10,13H2,1H3,(H,25,27)/t14?,15-,16+,18?,20+,21-. The first-order valence-electron chi connectivity index (χ1n) is 11.5. The molecule has 1 heterocycles. The second-order valence-electron chi connectivity index (χ2n) is 9.38. The molecule has 1 aliphatic heterocycles. The lowest BCUT2D eigenvalue weighted by atomic mass is 9.81. The minimum absolute atomic E-state index is 0.0200. The van der Waals surface area contributed by atoms with E-state index in [9.17, 15) is 14.4 Å². The molecule has 1 aromatic rings. The summed E-state index contributed by atoms with van der Waals surface area (Å²) in [6.07, 6.45) is 6.17. The lowest BCUT2D eigenvalue weighted by Gasteiger charge is -2.33. The summed E-state index contributed by atoms with van der Waals surface area (Å²) in [6, 6.07) is 7.38. The van der Waals surface area contributed by atoms with Gasteiger partial charge in [-0.2, -0.15) is 0 Å². The Balaban J connectivity index is 1.17. The predicted molar refractivity (Wildman–Crippen MR) is 112 cm³/mol. The smallest absolute Gasteiger partial charge is 0.233 e. The first-order chi connectivity index (χ1) is 14.6. The Morgan fingerprint density at radius 3 is 2.13 bits per heavy atom. The third-order valence-electron chi connectivity index (χ3n) is 7.83. The summed E-state index contributed by atoms with van der Waals surface area (Å²) >= 11 is 0. The van der Waals surface area contributed by atoms with Gasteiger partial charge in [0.15, 0.2) is 0 Å². The van der Waals surface area contributed by atoms with Gasteiger partial charge in [-0.05, 0) is 88.0 Å². The number of anilines is 1. The van der Waals surface area contributed by atoms with Gasteiger partial charge in [0, 0.05) is 17.6 Å². The molecule has 0 radical (unpaired) electrons. The molecule has 2 bridgehead atoms. The number of likely N-dealkylation sites (tertiary alicyclic amines) is 1. The van der Waals surface area contributed by atoms with Crippen molar-refractivity contribution in [1.82, 2.24) is 4.90 Å². The summed E-state index contributed by atoms with van der Waals surface area (Å²) in [5.41, 5.74) is 0.763. The predicted octanol–water partition coefficient (Wildman–Crippen LogP) is 3.61. The van der Waals surface area contributed by atoms with Crippen LogP contribution in [0.1, 0.15) is 51.9 Å². The Kier molecular flexibility index (Phi) is 5.03. The largest absolute Gasteiger partial charge is 0.494 e. The van der Waals surface area contributed by atoms with E-state index in [-0.39, 0.29) is 41.5 Å². The highest BCUT2D eigenvalue weighted by Gasteiger charge is 2.61. The molecule has 0 unspecified atom stereocenters. The van der Waals surface area contributed by atoms with Crippen LogP contribution in [-0.4, -0.2) is 35.3 Å². The van der Waals surface area contributed by atoms with Crippen LogP contribution in [0.5, 0.6) is 5.75 Å². The van der Waals surface area contributed by atoms with Gasteiger partial charge >= 0.3 is 0 Å². The van der Waals surface area contributed by atoms with Crippen molar-refractivity contribution in [1.29, 1.82) is 0 Å². The molecule has 3 amide bonds. The third kappa shape index (κ3) is 3.21. The maximum atomic E-state index is 13.0. The van der Waals surface area contributed by atoms with Gasteiger partial charge in [-0.1, -0.05) is 0 Å². The molecule has 4 fully saturated rings. The van der Waals surface area contributed by atoms with E-state index in [1.54, 1.807) is 4.90 Å². The molecule has 4 aliphatic rings. The molecule has 1 aromatic carbocycles. The van der Waals surface area contributed by atoms with Crippen LogP contribution in [0.4, 0.5) is 5.69 Å². The quantitative estimate of drug-likeness (QED) is 0.753. The number of nitrogens with one attached hydrogen (secondary N) is 1. The van der Waals surface area contributed by atoms with Crippen molar-refractivity contribution in [3.63, 3.8) is 0 Å². The highest BCUT2D eigenvalue weighted by Crippen LogP contribution is 2.56. The summed E-state index contributed by atoms with van der Waals surface area (Å²) in [5, 5.41) is 2.99.